The van der Waals surface area contributed by atoms with E-state index < -0.39 is 0 Å². The number of nitrogen functional groups attached to an aromatic ring is 1. The Morgan fingerprint density at radius 2 is 2.33 bits per heavy atom. The fraction of sp³-hybridized carbons (Fsp3) is 0.300. The van der Waals surface area contributed by atoms with Gasteiger partial charge in [-0.05, 0) is 19.1 Å². The Kier molecular flexibility index (Phi) is 3.94. The van der Waals surface area contributed by atoms with E-state index in [1.807, 2.05) is 0 Å². The van der Waals surface area contributed by atoms with Crippen LogP contribution in [0.15, 0.2) is 18.2 Å². The Morgan fingerprint density at radius 1 is 1.67 bits per heavy atom. The number of carbonyl (C=O) groups excluding carboxylic acids is 1. The molecule has 4 nitrogen and oxygen atoms in total. The molecule has 0 fully saturated rings. The highest BCUT2D eigenvalue weighted by molar-refractivity contribution is 6.36. The summed E-state index contributed by atoms with van der Waals surface area (Å²) in [6.07, 6.45) is 0. The van der Waals surface area contributed by atoms with Crippen molar-refractivity contribution in [1.82, 2.24) is 5.32 Å². The summed E-state index contributed by atoms with van der Waals surface area (Å²) < 4.78 is 0. The van der Waals surface area contributed by atoms with Gasteiger partial charge in [0.05, 0.1) is 22.9 Å². The van der Waals surface area contributed by atoms with Crippen LogP contribution in [-0.2, 0) is 0 Å². The summed E-state index contributed by atoms with van der Waals surface area (Å²) in [7, 11) is 0. The summed E-state index contributed by atoms with van der Waals surface area (Å²) >= 11 is 5.87. The molecule has 0 bridgehead atoms. The first-order valence-corrected chi connectivity index (χ1v) is 4.89. The van der Waals surface area contributed by atoms with Crippen molar-refractivity contribution in [3.05, 3.63) is 28.8 Å². The summed E-state index contributed by atoms with van der Waals surface area (Å²) in [6, 6.07) is 4.54. The number of anilines is 1. The average Bonchev–Trinajstić information content (AvgIpc) is 2.21. The number of hydrogen-bond acceptors (Lipinski definition) is 3. The number of rotatable bonds is 3. The van der Waals surface area contributed by atoms with Crippen molar-refractivity contribution in [2.45, 2.75) is 13.0 Å². The van der Waals surface area contributed by atoms with Gasteiger partial charge < -0.3 is 16.2 Å². The maximum Gasteiger partial charge on any atom is 0.253 e. The fourth-order valence-corrected chi connectivity index (χ4v) is 1.28. The number of halogens is 1. The van der Waals surface area contributed by atoms with Crippen molar-refractivity contribution < 1.29 is 9.90 Å². The van der Waals surface area contributed by atoms with Gasteiger partial charge in [0, 0.05) is 6.04 Å². The van der Waals surface area contributed by atoms with E-state index in [-0.39, 0.29) is 23.6 Å². The zero-order valence-corrected chi connectivity index (χ0v) is 9.08. The first kappa shape index (κ1) is 11.8. The van der Waals surface area contributed by atoms with Crippen LogP contribution in [0.25, 0.3) is 0 Å². The van der Waals surface area contributed by atoms with Crippen molar-refractivity contribution in [3.8, 4) is 0 Å². The third-order valence-corrected chi connectivity index (χ3v) is 2.35. The van der Waals surface area contributed by atoms with Gasteiger partial charge in [-0.25, -0.2) is 0 Å². The van der Waals surface area contributed by atoms with E-state index in [0.29, 0.717) is 11.3 Å². The summed E-state index contributed by atoms with van der Waals surface area (Å²) in [4.78, 5) is 11.6. The zero-order chi connectivity index (χ0) is 11.4. The van der Waals surface area contributed by atoms with Crippen LogP contribution in [-0.4, -0.2) is 23.7 Å². The quantitative estimate of drug-likeness (QED) is 0.677. The first-order valence-electron chi connectivity index (χ1n) is 4.52. The van der Waals surface area contributed by atoms with E-state index in [4.69, 9.17) is 22.4 Å². The predicted octanol–water partition coefficient (Wildman–Crippen LogP) is 1.03. The van der Waals surface area contributed by atoms with Gasteiger partial charge in [-0.15, -0.1) is 0 Å². The number of hydrogen-bond donors (Lipinski definition) is 3. The van der Waals surface area contributed by atoms with Crippen molar-refractivity contribution >= 4 is 23.2 Å². The highest BCUT2D eigenvalue weighted by Gasteiger charge is 2.13. The molecule has 1 aromatic carbocycles. The minimum atomic E-state index is -0.339. The van der Waals surface area contributed by atoms with Crippen LogP contribution in [0.5, 0.6) is 0 Å². The molecule has 1 rings (SSSR count). The van der Waals surface area contributed by atoms with Crippen LogP contribution in [0.4, 0.5) is 5.69 Å². The Labute approximate surface area is 93.0 Å². The van der Waals surface area contributed by atoms with Crippen LogP contribution >= 0.6 is 11.6 Å². The van der Waals surface area contributed by atoms with Gasteiger partial charge in [0.2, 0.25) is 0 Å². The Bertz CT molecular complexity index is 368. The lowest BCUT2D eigenvalue weighted by Gasteiger charge is -2.12. The number of amides is 1. The molecule has 5 heteroatoms. The number of carbonyl (C=O) groups is 1. The fourth-order valence-electron chi connectivity index (χ4n) is 1.07. The Balaban J connectivity index is 2.87. The number of aliphatic hydroxyl groups excluding tert-OH is 1. The number of nitrogens with two attached hydrogens (primary N) is 1. The normalized spacial score (nSPS) is 12.2. The van der Waals surface area contributed by atoms with E-state index in [9.17, 15) is 4.79 Å². The molecule has 0 unspecified atom stereocenters. The maximum atomic E-state index is 11.6. The standard InChI is InChI=1S/C10H13ClN2O2/c1-6(5-14)13-10(15)7-3-2-4-8(12)9(7)11/h2-4,6,14H,5,12H2,1H3,(H,13,15)/t6-/m0/s1. The number of aliphatic hydroxyl groups is 1. The maximum absolute atomic E-state index is 11.6. The molecule has 1 aromatic rings. The molecule has 15 heavy (non-hydrogen) atoms. The molecule has 82 valence electrons. The van der Waals surface area contributed by atoms with Crippen molar-refractivity contribution in [2.24, 2.45) is 0 Å². The van der Waals surface area contributed by atoms with Gasteiger partial charge in [0.25, 0.3) is 5.91 Å². The molecule has 0 aliphatic rings. The molecular formula is C10H13ClN2O2. The minimum absolute atomic E-state index is 0.119. The van der Waals surface area contributed by atoms with E-state index in [1.54, 1.807) is 25.1 Å². The molecule has 1 amide bonds. The third kappa shape index (κ3) is 2.84. The van der Waals surface area contributed by atoms with Crippen molar-refractivity contribution in [1.29, 1.82) is 0 Å². The molecule has 0 saturated carbocycles. The second-order valence-corrected chi connectivity index (χ2v) is 3.64. The van der Waals surface area contributed by atoms with Crippen molar-refractivity contribution in [2.75, 3.05) is 12.3 Å². The van der Waals surface area contributed by atoms with E-state index in [2.05, 4.69) is 5.32 Å². The largest absolute Gasteiger partial charge is 0.398 e. The monoisotopic (exact) mass is 228 g/mol. The molecule has 1 atom stereocenters. The minimum Gasteiger partial charge on any atom is -0.398 e. The van der Waals surface area contributed by atoms with Gasteiger partial charge in [0.1, 0.15) is 0 Å². The van der Waals surface area contributed by atoms with Crippen LogP contribution in [0.2, 0.25) is 5.02 Å². The van der Waals surface area contributed by atoms with Crippen LogP contribution in [0.1, 0.15) is 17.3 Å². The van der Waals surface area contributed by atoms with Crippen LogP contribution < -0.4 is 11.1 Å². The van der Waals surface area contributed by atoms with Crippen LogP contribution in [0, 0.1) is 0 Å². The lowest BCUT2D eigenvalue weighted by Crippen LogP contribution is -2.35. The third-order valence-electron chi connectivity index (χ3n) is 1.92. The first-order chi connectivity index (χ1) is 7.06. The molecule has 4 N–H and O–H groups in total. The lowest BCUT2D eigenvalue weighted by atomic mass is 10.2. The topological polar surface area (TPSA) is 75.3 Å². The molecule has 0 spiro atoms. The molecule has 0 aliphatic heterocycles. The smallest absolute Gasteiger partial charge is 0.253 e. The summed E-state index contributed by atoms with van der Waals surface area (Å²) in [5, 5.41) is 11.6. The van der Waals surface area contributed by atoms with Gasteiger partial charge in [-0.3, -0.25) is 4.79 Å². The summed E-state index contributed by atoms with van der Waals surface area (Å²) in [5.41, 5.74) is 6.24. The Morgan fingerprint density at radius 3 is 2.93 bits per heavy atom. The van der Waals surface area contributed by atoms with Gasteiger partial charge >= 0.3 is 0 Å². The lowest BCUT2D eigenvalue weighted by molar-refractivity contribution is 0.0922. The van der Waals surface area contributed by atoms with E-state index in [0.717, 1.165) is 0 Å². The molecule has 0 aliphatic carbocycles. The van der Waals surface area contributed by atoms with Gasteiger partial charge in [0.15, 0.2) is 0 Å². The molecule has 0 aromatic heterocycles. The highest BCUT2D eigenvalue weighted by atomic mass is 35.5. The van der Waals surface area contributed by atoms with E-state index in [1.165, 1.54) is 0 Å². The average molecular weight is 229 g/mol. The van der Waals surface area contributed by atoms with Crippen molar-refractivity contribution in [3.63, 3.8) is 0 Å². The Hall–Kier alpha value is -1.26. The number of benzene rings is 1. The molecule has 0 heterocycles. The predicted molar refractivity (Wildman–Crippen MR) is 59.9 cm³/mol. The highest BCUT2D eigenvalue weighted by Crippen LogP contribution is 2.22. The van der Waals surface area contributed by atoms with Gasteiger partial charge in [-0.2, -0.15) is 0 Å². The number of nitrogens with one attached hydrogen (secondary N) is 1. The summed E-state index contributed by atoms with van der Waals surface area (Å²) in [5.74, 6) is -0.339. The summed E-state index contributed by atoms with van der Waals surface area (Å²) in [6.45, 7) is 1.57. The van der Waals surface area contributed by atoms with E-state index >= 15 is 0 Å². The molecule has 0 radical (unpaired) electrons. The molecule has 0 saturated heterocycles. The second-order valence-electron chi connectivity index (χ2n) is 3.27. The van der Waals surface area contributed by atoms with Gasteiger partial charge in [-0.1, -0.05) is 17.7 Å². The second kappa shape index (κ2) is 5.00. The zero-order valence-electron chi connectivity index (χ0n) is 8.33. The molecular weight excluding hydrogens is 216 g/mol. The van der Waals surface area contributed by atoms with Crippen LogP contribution in [0.3, 0.4) is 0 Å². The SMILES string of the molecule is C[C@@H](CO)NC(=O)c1cccc(N)c1Cl.